The minimum Gasteiger partial charge on any atom is -0.103 e. The summed E-state index contributed by atoms with van der Waals surface area (Å²) in [7, 11) is 0. The molecule has 0 aliphatic heterocycles. The van der Waals surface area contributed by atoms with Crippen LogP contribution in [0, 0.1) is 19.9 Å². The number of benzene rings is 1. The molecule has 0 saturated carbocycles. The minimum absolute atomic E-state index is 0.960. The summed E-state index contributed by atoms with van der Waals surface area (Å²) in [5.41, 5.74) is 3.94. The van der Waals surface area contributed by atoms with Crippen molar-refractivity contribution in [2.24, 2.45) is 0 Å². The smallest absolute Gasteiger partial charge is 0.00974 e. The summed E-state index contributed by atoms with van der Waals surface area (Å²) in [6.45, 7) is 7.93. The number of hydrogen-bond acceptors (Lipinski definition) is 0. The van der Waals surface area contributed by atoms with Gasteiger partial charge >= 0.3 is 0 Å². The first-order chi connectivity index (χ1) is 5.25. The summed E-state index contributed by atoms with van der Waals surface area (Å²) < 4.78 is 0. The molecule has 1 rings (SSSR count). The number of hydrogen-bond donors (Lipinski definition) is 0. The van der Waals surface area contributed by atoms with Gasteiger partial charge in [-0.3, -0.25) is 0 Å². The van der Waals surface area contributed by atoms with Crippen LogP contribution in [0.3, 0.4) is 0 Å². The Kier molecular flexibility index (Phi) is 2.48. The lowest BCUT2D eigenvalue weighted by Gasteiger charge is -2.04. The largest absolute Gasteiger partial charge is 0.103 e. The average Bonchev–Trinajstić information content (AvgIpc) is 1.99. The lowest BCUT2D eigenvalue weighted by molar-refractivity contribution is 1.18. The molecule has 1 aromatic carbocycles. The van der Waals surface area contributed by atoms with Gasteiger partial charge in [-0.2, -0.15) is 0 Å². The molecule has 11 heavy (non-hydrogen) atoms. The van der Waals surface area contributed by atoms with E-state index < -0.39 is 0 Å². The van der Waals surface area contributed by atoms with Crippen molar-refractivity contribution in [1.82, 2.24) is 0 Å². The fraction of sp³-hybridized carbons (Fsp3) is 0.273. The number of rotatable bonds is 2. The van der Waals surface area contributed by atoms with Gasteiger partial charge in [-0.15, -0.1) is 6.58 Å². The van der Waals surface area contributed by atoms with E-state index in [2.05, 4.69) is 32.6 Å². The zero-order valence-corrected chi connectivity index (χ0v) is 7.15. The second-order valence-electron chi connectivity index (χ2n) is 2.75. The van der Waals surface area contributed by atoms with Crippen LogP contribution in [0.1, 0.15) is 16.7 Å². The van der Waals surface area contributed by atoms with Crippen LogP contribution in [-0.2, 0) is 6.42 Å². The van der Waals surface area contributed by atoms with Gasteiger partial charge in [0.15, 0.2) is 0 Å². The molecule has 0 heteroatoms. The standard InChI is InChI=1S/C11H13/c1-4-6-11-8-5-7-9(2)10(11)3/h4-5,8H,1,6H2,2-3H3. The zero-order valence-electron chi connectivity index (χ0n) is 7.15. The molecule has 0 aliphatic carbocycles. The molecule has 1 radical (unpaired) electrons. The number of aryl methyl sites for hydroxylation is 1. The van der Waals surface area contributed by atoms with Crippen molar-refractivity contribution in [3.8, 4) is 0 Å². The Morgan fingerprint density at radius 3 is 2.91 bits per heavy atom. The van der Waals surface area contributed by atoms with Crippen molar-refractivity contribution in [3.63, 3.8) is 0 Å². The van der Waals surface area contributed by atoms with Crippen LogP contribution >= 0.6 is 0 Å². The van der Waals surface area contributed by atoms with Gasteiger partial charge in [-0.05, 0) is 43.0 Å². The van der Waals surface area contributed by atoms with E-state index in [1.807, 2.05) is 12.1 Å². The molecule has 0 aliphatic rings. The van der Waals surface area contributed by atoms with E-state index in [4.69, 9.17) is 0 Å². The van der Waals surface area contributed by atoms with Crippen LogP contribution in [0.25, 0.3) is 0 Å². The highest BCUT2D eigenvalue weighted by atomic mass is 14.0. The lowest BCUT2D eigenvalue weighted by atomic mass is 10.0. The first-order valence-electron chi connectivity index (χ1n) is 3.83. The van der Waals surface area contributed by atoms with E-state index in [9.17, 15) is 0 Å². The van der Waals surface area contributed by atoms with E-state index in [-0.39, 0.29) is 0 Å². The molecule has 0 aromatic heterocycles. The van der Waals surface area contributed by atoms with Crippen LogP contribution in [0.2, 0.25) is 0 Å². The van der Waals surface area contributed by atoms with Crippen molar-refractivity contribution >= 4 is 0 Å². The normalized spacial score (nSPS) is 9.64. The van der Waals surface area contributed by atoms with Crippen molar-refractivity contribution in [2.75, 3.05) is 0 Å². The monoisotopic (exact) mass is 145 g/mol. The topological polar surface area (TPSA) is 0 Å². The van der Waals surface area contributed by atoms with E-state index >= 15 is 0 Å². The van der Waals surface area contributed by atoms with Crippen LogP contribution in [-0.4, -0.2) is 0 Å². The molecule has 0 spiro atoms. The third-order valence-electron chi connectivity index (χ3n) is 1.99. The molecule has 0 nitrogen and oxygen atoms in total. The van der Waals surface area contributed by atoms with Gasteiger partial charge in [-0.25, -0.2) is 0 Å². The van der Waals surface area contributed by atoms with E-state index in [0.29, 0.717) is 0 Å². The Labute approximate surface area is 68.6 Å². The summed E-state index contributed by atoms with van der Waals surface area (Å²) >= 11 is 0. The first kappa shape index (κ1) is 8.06. The molecule has 0 amide bonds. The van der Waals surface area contributed by atoms with Crippen LogP contribution in [0.5, 0.6) is 0 Å². The Morgan fingerprint density at radius 2 is 2.27 bits per heavy atom. The fourth-order valence-corrected chi connectivity index (χ4v) is 1.12. The summed E-state index contributed by atoms with van der Waals surface area (Å²) in [6.07, 6.45) is 2.89. The van der Waals surface area contributed by atoms with E-state index in [1.54, 1.807) is 0 Å². The highest BCUT2D eigenvalue weighted by Gasteiger charge is 1.97. The van der Waals surface area contributed by atoms with Crippen molar-refractivity contribution in [3.05, 3.63) is 47.5 Å². The molecule has 0 N–H and O–H groups in total. The van der Waals surface area contributed by atoms with Crippen molar-refractivity contribution in [1.29, 1.82) is 0 Å². The summed E-state index contributed by atoms with van der Waals surface area (Å²) in [5, 5.41) is 0. The van der Waals surface area contributed by atoms with Gasteiger partial charge in [0.25, 0.3) is 0 Å². The Bertz CT molecular complexity index is 259. The summed E-state index contributed by atoms with van der Waals surface area (Å²) in [6, 6.07) is 7.24. The van der Waals surface area contributed by atoms with Crippen LogP contribution in [0.15, 0.2) is 24.8 Å². The third-order valence-corrected chi connectivity index (χ3v) is 1.99. The lowest BCUT2D eigenvalue weighted by Crippen LogP contribution is -1.89. The van der Waals surface area contributed by atoms with Crippen molar-refractivity contribution in [2.45, 2.75) is 20.3 Å². The van der Waals surface area contributed by atoms with Gasteiger partial charge in [0.2, 0.25) is 0 Å². The molecule has 0 bridgehead atoms. The maximum Gasteiger partial charge on any atom is -0.00974 e. The predicted molar refractivity (Wildman–Crippen MR) is 48.7 cm³/mol. The second kappa shape index (κ2) is 3.38. The fourth-order valence-electron chi connectivity index (χ4n) is 1.12. The zero-order chi connectivity index (χ0) is 8.27. The molecule has 0 unspecified atom stereocenters. The van der Waals surface area contributed by atoms with E-state index in [0.717, 1.165) is 6.42 Å². The summed E-state index contributed by atoms with van der Waals surface area (Å²) in [5.74, 6) is 0. The molecule has 57 valence electrons. The first-order valence-corrected chi connectivity index (χ1v) is 3.83. The predicted octanol–water partition coefficient (Wildman–Crippen LogP) is 2.83. The van der Waals surface area contributed by atoms with Crippen LogP contribution < -0.4 is 0 Å². The van der Waals surface area contributed by atoms with Gasteiger partial charge in [0, 0.05) is 0 Å². The molecular formula is C11H13. The highest BCUT2D eigenvalue weighted by molar-refractivity contribution is 5.33. The molecule has 0 atom stereocenters. The molecule has 1 aromatic rings. The Balaban J connectivity index is 3.05. The molecule has 0 saturated heterocycles. The maximum absolute atomic E-state index is 3.72. The third kappa shape index (κ3) is 1.70. The second-order valence-corrected chi connectivity index (χ2v) is 2.75. The SMILES string of the molecule is C=CCc1cc[c]c(C)c1C. The maximum atomic E-state index is 3.72. The average molecular weight is 145 g/mol. The molecule has 0 fully saturated rings. The van der Waals surface area contributed by atoms with Crippen LogP contribution in [0.4, 0.5) is 0 Å². The minimum atomic E-state index is 0.960. The number of allylic oxidation sites excluding steroid dienone is 1. The van der Waals surface area contributed by atoms with E-state index in [1.165, 1.54) is 16.7 Å². The van der Waals surface area contributed by atoms with Gasteiger partial charge in [0.1, 0.15) is 0 Å². The Morgan fingerprint density at radius 1 is 1.55 bits per heavy atom. The molecule has 0 heterocycles. The highest BCUT2D eigenvalue weighted by Crippen LogP contribution is 2.12. The van der Waals surface area contributed by atoms with Gasteiger partial charge in [-0.1, -0.05) is 18.2 Å². The summed E-state index contributed by atoms with van der Waals surface area (Å²) in [4.78, 5) is 0. The molecular weight excluding hydrogens is 132 g/mol. The Hall–Kier alpha value is -1.04. The quantitative estimate of drug-likeness (QED) is 0.561. The van der Waals surface area contributed by atoms with Gasteiger partial charge < -0.3 is 0 Å². The van der Waals surface area contributed by atoms with Crippen molar-refractivity contribution < 1.29 is 0 Å². The van der Waals surface area contributed by atoms with Gasteiger partial charge in [0.05, 0.1) is 0 Å².